The van der Waals surface area contributed by atoms with Crippen LogP contribution in [0.1, 0.15) is 17.1 Å². The lowest BCUT2D eigenvalue weighted by Gasteiger charge is -2.01. The van der Waals surface area contributed by atoms with Crippen molar-refractivity contribution < 1.29 is 9.52 Å². The van der Waals surface area contributed by atoms with Crippen LogP contribution in [0.5, 0.6) is 0 Å². The maximum Gasteiger partial charge on any atom is 0.110 e. The molecule has 19 heavy (non-hydrogen) atoms. The highest BCUT2D eigenvalue weighted by Crippen LogP contribution is 2.18. The van der Waals surface area contributed by atoms with Gasteiger partial charge in [0.2, 0.25) is 0 Å². The fourth-order valence-electron chi connectivity index (χ4n) is 2.31. The summed E-state index contributed by atoms with van der Waals surface area (Å²) in [6, 6.07) is 9.75. The van der Waals surface area contributed by atoms with Crippen LogP contribution < -0.4 is 0 Å². The first-order valence-electron chi connectivity index (χ1n) is 6.35. The molecule has 2 heterocycles. The molecular formula is C15H16N2O2. The lowest BCUT2D eigenvalue weighted by Crippen LogP contribution is -1.99. The molecule has 0 aliphatic heterocycles. The Balaban J connectivity index is 1.89. The van der Waals surface area contributed by atoms with Crippen molar-refractivity contribution in [1.29, 1.82) is 0 Å². The zero-order chi connectivity index (χ0) is 13.2. The van der Waals surface area contributed by atoms with E-state index in [-0.39, 0.29) is 6.61 Å². The van der Waals surface area contributed by atoms with Gasteiger partial charge in [-0.05, 0) is 29.8 Å². The van der Waals surface area contributed by atoms with Crippen LogP contribution in [-0.2, 0) is 26.5 Å². The molecule has 0 aliphatic carbocycles. The first kappa shape index (κ1) is 12.0. The van der Waals surface area contributed by atoms with Crippen molar-refractivity contribution in [3.05, 3.63) is 53.7 Å². The molecular weight excluding hydrogens is 240 g/mol. The number of furan rings is 1. The van der Waals surface area contributed by atoms with Crippen LogP contribution in [0.3, 0.4) is 0 Å². The Labute approximate surface area is 111 Å². The lowest BCUT2D eigenvalue weighted by atomic mass is 10.2. The highest BCUT2D eigenvalue weighted by molar-refractivity contribution is 5.76. The van der Waals surface area contributed by atoms with Gasteiger partial charge in [0, 0.05) is 19.9 Å². The van der Waals surface area contributed by atoms with Crippen molar-refractivity contribution in [3.8, 4) is 0 Å². The molecule has 0 saturated heterocycles. The molecule has 3 aromatic rings. The van der Waals surface area contributed by atoms with Gasteiger partial charge < -0.3 is 14.1 Å². The van der Waals surface area contributed by atoms with Crippen LogP contribution in [0.2, 0.25) is 0 Å². The minimum Gasteiger partial charge on any atom is -0.469 e. The van der Waals surface area contributed by atoms with Crippen LogP contribution in [0.15, 0.2) is 41.0 Å². The SMILES string of the molecule is Cn1c(CCc2ccco2)nc2cc(CO)ccc21. The van der Waals surface area contributed by atoms with E-state index in [9.17, 15) is 0 Å². The van der Waals surface area contributed by atoms with Gasteiger partial charge in [-0.15, -0.1) is 0 Å². The van der Waals surface area contributed by atoms with Gasteiger partial charge in [-0.25, -0.2) is 4.98 Å². The predicted molar refractivity (Wildman–Crippen MR) is 72.8 cm³/mol. The van der Waals surface area contributed by atoms with E-state index in [1.165, 1.54) is 0 Å². The van der Waals surface area contributed by atoms with Gasteiger partial charge in [0.15, 0.2) is 0 Å². The van der Waals surface area contributed by atoms with Crippen molar-refractivity contribution >= 4 is 11.0 Å². The van der Waals surface area contributed by atoms with E-state index in [4.69, 9.17) is 9.52 Å². The van der Waals surface area contributed by atoms with Gasteiger partial charge in [-0.3, -0.25) is 0 Å². The molecule has 1 N–H and O–H groups in total. The monoisotopic (exact) mass is 256 g/mol. The molecule has 2 aromatic heterocycles. The molecule has 0 unspecified atom stereocenters. The maximum atomic E-state index is 9.15. The summed E-state index contributed by atoms with van der Waals surface area (Å²) in [7, 11) is 2.02. The number of aryl methyl sites for hydroxylation is 3. The third-order valence-electron chi connectivity index (χ3n) is 3.40. The Bertz CT molecular complexity index is 684. The summed E-state index contributed by atoms with van der Waals surface area (Å²) in [4.78, 5) is 4.63. The number of aromatic nitrogens is 2. The van der Waals surface area contributed by atoms with Gasteiger partial charge in [0.05, 0.1) is 23.9 Å². The van der Waals surface area contributed by atoms with Crippen molar-refractivity contribution in [2.75, 3.05) is 0 Å². The summed E-state index contributed by atoms with van der Waals surface area (Å²) in [5.74, 6) is 2.00. The molecule has 0 saturated carbocycles. The topological polar surface area (TPSA) is 51.2 Å². The van der Waals surface area contributed by atoms with E-state index >= 15 is 0 Å². The molecule has 3 rings (SSSR count). The van der Waals surface area contributed by atoms with Crippen LogP contribution in [-0.4, -0.2) is 14.7 Å². The minimum absolute atomic E-state index is 0.0498. The van der Waals surface area contributed by atoms with Crippen molar-refractivity contribution in [3.63, 3.8) is 0 Å². The second kappa shape index (κ2) is 4.90. The van der Waals surface area contributed by atoms with Crippen LogP contribution in [0.4, 0.5) is 0 Å². The molecule has 0 amide bonds. The van der Waals surface area contributed by atoms with Gasteiger partial charge in [-0.2, -0.15) is 0 Å². The van der Waals surface area contributed by atoms with Gasteiger partial charge in [0.25, 0.3) is 0 Å². The smallest absolute Gasteiger partial charge is 0.110 e. The van der Waals surface area contributed by atoms with Gasteiger partial charge in [0.1, 0.15) is 11.6 Å². The summed E-state index contributed by atoms with van der Waals surface area (Å²) >= 11 is 0. The standard InChI is InChI=1S/C15H16N2O2/c1-17-14-6-4-11(10-18)9-13(14)16-15(17)7-5-12-3-2-8-19-12/h2-4,6,8-9,18H,5,7,10H2,1H3. The van der Waals surface area contributed by atoms with Crippen LogP contribution in [0.25, 0.3) is 11.0 Å². The molecule has 0 atom stereocenters. The minimum atomic E-state index is 0.0498. The quantitative estimate of drug-likeness (QED) is 0.780. The Morgan fingerprint density at radius 1 is 1.26 bits per heavy atom. The normalized spacial score (nSPS) is 11.3. The number of hydrogen-bond acceptors (Lipinski definition) is 3. The molecule has 0 bridgehead atoms. The number of hydrogen-bond donors (Lipinski definition) is 1. The molecule has 0 fully saturated rings. The fourth-order valence-corrected chi connectivity index (χ4v) is 2.31. The fraction of sp³-hybridized carbons (Fsp3) is 0.267. The number of aliphatic hydroxyl groups is 1. The van der Waals surface area contributed by atoms with Crippen molar-refractivity contribution in [1.82, 2.24) is 9.55 Å². The number of benzene rings is 1. The zero-order valence-electron chi connectivity index (χ0n) is 10.8. The molecule has 4 heteroatoms. The van der Waals surface area contributed by atoms with E-state index in [2.05, 4.69) is 9.55 Å². The van der Waals surface area contributed by atoms with Gasteiger partial charge >= 0.3 is 0 Å². The first-order valence-corrected chi connectivity index (χ1v) is 6.35. The molecule has 4 nitrogen and oxygen atoms in total. The average molecular weight is 256 g/mol. The van der Waals surface area contributed by atoms with Crippen LogP contribution >= 0.6 is 0 Å². The average Bonchev–Trinajstić information content (AvgIpc) is 3.04. The van der Waals surface area contributed by atoms with E-state index in [0.717, 1.165) is 41.0 Å². The summed E-state index contributed by atoms with van der Waals surface area (Å²) in [6.07, 6.45) is 3.38. The number of fused-ring (bicyclic) bond motifs is 1. The Hall–Kier alpha value is -2.07. The Morgan fingerprint density at radius 3 is 2.89 bits per heavy atom. The predicted octanol–water partition coefficient (Wildman–Crippen LogP) is 2.44. The number of rotatable bonds is 4. The van der Waals surface area contributed by atoms with E-state index in [1.807, 2.05) is 37.4 Å². The number of nitrogens with zero attached hydrogens (tertiary/aromatic N) is 2. The van der Waals surface area contributed by atoms with Crippen LogP contribution in [0, 0.1) is 0 Å². The van der Waals surface area contributed by atoms with Crippen molar-refractivity contribution in [2.45, 2.75) is 19.4 Å². The summed E-state index contributed by atoms with van der Waals surface area (Å²) in [6.45, 7) is 0.0498. The number of aliphatic hydroxyl groups excluding tert-OH is 1. The van der Waals surface area contributed by atoms with E-state index < -0.39 is 0 Å². The molecule has 0 aliphatic rings. The maximum absolute atomic E-state index is 9.15. The largest absolute Gasteiger partial charge is 0.469 e. The third kappa shape index (κ3) is 2.27. The highest BCUT2D eigenvalue weighted by atomic mass is 16.3. The summed E-state index contributed by atoms with van der Waals surface area (Å²) < 4.78 is 7.43. The molecule has 98 valence electrons. The Morgan fingerprint density at radius 2 is 2.16 bits per heavy atom. The number of imidazole rings is 1. The molecule has 0 radical (unpaired) electrons. The second-order valence-electron chi connectivity index (χ2n) is 4.65. The van der Waals surface area contributed by atoms with Gasteiger partial charge in [-0.1, -0.05) is 6.07 Å². The molecule has 0 spiro atoms. The first-order chi connectivity index (χ1) is 9.28. The Kier molecular flexibility index (Phi) is 3.09. The van der Waals surface area contributed by atoms with E-state index in [1.54, 1.807) is 6.26 Å². The second-order valence-corrected chi connectivity index (χ2v) is 4.65. The van der Waals surface area contributed by atoms with E-state index in [0.29, 0.717) is 0 Å². The summed E-state index contributed by atoms with van der Waals surface area (Å²) in [5, 5.41) is 9.15. The molecule has 1 aromatic carbocycles. The highest BCUT2D eigenvalue weighted by Gasteiger charge is 2.09. The zero-order valence-corrected chi connectivity index (χ0v) is 10.8. The van der Waals surface area contributed by atoms with Crippen molar-refractivity contribution in [2.24, 2.45) is 7.05 Å². The lowest BCUT2D eigenvalue weighted by molar-refractivity contribution is 0.282. The third-order valence-corrected chi connectivity index (χ3v) is 3.40. The summed E-state index contributed by atoms with van der Waals surface area (Å²) in [5.41, 5.74) is 2.92.